The SMILES string of the molecule is Cc1c(C(N)=O)c(=O)oc2cc(NC(C)C)c([N+](=O)[O-])cc12. The van der Waals surface area contributed by atoms with Crippen LogP contribution in [0.1, 0.15) is 29.8 Å². The van der Waals surface area contributed by atoms with Crippen LogP contribution >= 0.6 is 0 Å². The van der Waals surface area contributed by atoms with Gasteiger partial charge in [0.15, 0.2) is 0 Å². The molecular formula is C14H15N3O5. The lowest BCUT2D eigenvalue weighted by Gasteiger charge is -2.12. The highest BCUT2D eigenvalue weighted by molar-refractivity contribution is 5.99. The Balaban J connectivity index is 2.85. The van der Waals surface area contributed by atoms with Gasteiger partial charge in [0.1, 0.15) is 16.8 Å². The minimum atomic E-state index is -0.930. The summed E-state index contributed by atoms with van der Waals surface area (Å²) in [6.07, 6.45) is 0. The van der Waals surface area contributed by atoms with Crippen molar-refractivity contribution < 1.29 is 14.1 Å². The summed E-state index contributed by atoms with van der Waals surface area (Å²) >= 11 is 0. The number of nitro groups is 1. The summed E-state index contributed by atoms with van der Waals surface area (Å²) < 4.78 is 5.07. The fourth-order valence-electron chi connectivity index (χ4n) is 2.25. The van der Waals surface area contributed by atoms with Gasteiger partial charge in [-0.1, -0.05) is 0 Å². The molecule has 0 saturated heterocycles. The summed E-state index contributed by atoms with van der Waals surface area (Å²) in [5, 5.41) is 14.5. The van der Waals surface area contributed by atoms with E-state index >= 15 is 0 Å². The lowest BCUT2D eigenvalue weighted by Crippen LogP contribution is -2.23. The zero-order valence-corrected chi connectivity index (χ0v) is 12.3. The van der Waals surface area contributed by atoms with Crippen LogP contribution in [0.5, 0.6) is 0 Å². The van der Waals surface area contributed by atoms with Gasteiger partial charge in [0.05, 0.1) is 4.92 Å². The maximum absolute atomic E-state index is 11.8. The van der Waals surface area contributed by atoms with Crippen molar-refractivity contribution in [3.63, 3.8) is 0 Å². The van der Waals surface area contributed by atoms with Crippen molar-refractivity contribution in [3.8, 4) is 0 Å². The standard InChI is InChI=1S/C14H15N3O5/c1-6(2)16-9-5-11-8(4-10(9)17(20)21)7(3)12(13(15)18)14(19)22-11/h4-6,16H,1-3H3,(H2,15,18). The minimum absolute atomic E-state index is 0.0474. The molecule has 0 radical (unpaired) electrons. The zero-order valence-electron chi connectivity index (χ0n) is 12.3. The molecule has 0 aliphatic rings. The van der Waals surface area contributed by atoms with Crippen LogP contribution in [0.2, 0.25) is 0 Å². The molecular weight excluding hydrogens is 290 g/mol. The van der Waals surface area contributed by atoms with Crippen LogP contribution in [0.4, 0.5) is 11.4 Å². The molecule has 1 aromatic heterocycles. The molecule has 8 heteroatoms. The lowest BCUT2D eigenvalue weighted by atomic mass is 10.0. The molecule has 116 valence electrons. The van der Waals surface area contributed by atoms with Crippen molar-refractivity contribution in [1.29, 1.82) is 0 Å². The van der Waals surface area contributed by atoms with E-state index in [2.05, 4.69) is 5.32 Å². The fraction of sp³-hybridized carbons (Fsp3) is 0.286. The number of hydrogen-bond donors (Lipinski definition) is 2. The van der Waals surface area contributed by atoms with Gasteiger partial charge in [-0.3, -0.25) is 14.9 Å². The Kier molecular flexibility index (Phi) is 3.85. The molecule has 0 atom stereocenters. The summed E-state index contributed by atoms with van der Waals surface area (Å²) in [6, 6.07) is 2.60. The maximum Gasteiger partial charge on any atom is 0.349 e. The Morgan fingerprint density at radius 3 is 2.55 bits per heavy atom. The van der Waals surface area contributed by atoms with Crippen LogP contribution in [0.25, 0.3) is 11.0 Å². The average molecular weight is 305 g/mol. The molecule has 0 unspecified atom stereocenters. The molecule has 1 heterocycles. The van der Waals surface area contributed by atoms with E-state index < -0.39 is 16.5 Å². The highest BCUT2D eigenvalue weighted by Gasteiger charge is 2.22. The second-order valence-corrected chi connectivity index (χ2v) is 5.18. The van der Waals surface area contributed by atoms with Gasteiger partial charge in [-0.05, 0) is 26.3 Å². The lowest BCUT2D eigenvalue weighted by molar-refractivity contribution is -0.383. The number of nitrogens with two attached hydrogens (primary N) is 1. The van der Waals surface area contributed by atoms with Crippen LogP contribution < -0.4 is 16.7 Å². The Morgan fingerprint density at radius 1 is 1.41 bits per heavy atom. The molecule has 0 spiro atoms. The third-order valence-electron chi connectivity index (χ3n) is 3.17. The first kappa shape index (κ1) is 15.5. The first-order chi connectivity index (χ1) is 10.2. The van der Waals surface area contributed by atoms with Crippen LogP contribution in [-0.2, 0) is 0 Å². The number of carbonyl (C=O) groups excluding carboxylic acids is 1. The number of nitrogens with zero attached hydrogens (tertiary/aromatic N) is 1. The highest BCUT2D eigenvalue weighted by Crippen LogP contribution is 2.32. The molecule has 0 saturated carbocycles. The molecule has 0 bridgehead atoms. The number of primary amides is 1. The van der Waals surface area contributed by atoms with Crippen LogP contribution in [0.15, 0.2) is 21.3 Å². The number of rotatable bonds is 4. The van der Waals surface area contributed by atoms with Gasteiger partial charge in [0, 0.05) is 23.6 Å². The van der Waals surface area contributed by atoms with E-state index in [1.807, 2.05) is 13.8 Å². The number of hydrogen-bond acceptors (Lipinski definition) is 6. The molecule has 2 aromatic rings. The number of aryl methyl sites for hydroxylation is 1. The third-order valence-corrected chi connectivity index (χ3v) is 3.17. The van der Waals surface area contributed by atoms with Crippen molar-refractivity contribution in [2.24, 2.45) is 5.73 Å². The van der Waals surface area contributed by atoms with Crippen molar-refractivity contribution in [2.75, 3.05) is 5.32 Å². The van der Waals surface area contributed by atoms with Crippen molar-refractivity contribution in [1.82, 2.24) is 0 Å². The van der Waals surface area contributed by atoms with Crippen molar-refractivity contribution in [3.05, 3.63) is 43.8 Å². The van der Waals surface area contributed by atoms with E-state index in [0.717, 1.165) is 0 Å². The van der Waals surface area contributed by atoms with E-state index in [1.165, 1.54) is 19.1 Å². The number of nitro benzene ring substituents is 1. The molecule has 22 heavy (non-hydrogen) atoms. The number of benzene rings is 1. The van der Waals surface area contributed by atoms with Crippen LogP contribution in [0, 0.1) is 17.0 Å². The monoisotopic (exact) mass is 305 g/mol. The topological polar surface area (TPSA) is 128 Å². The Hall–Kier alpha value is -2.90. The second-order valence-electron chi connectivity index (χ2n) is 5.18. The Morgan fingerprint density at radius 2 is 2.05 bits per heavy atom. The highest BCUT2D eigenvalue weighted by atomic mass is 16.6. The van der Waals surface area contributed by atoms with Gasteiger partial charge >= 0.3 is 5.63 Å². The number of amides is 1. The molecule has 1 amide bonds. The molecule has 0 fully saturated rings. The molecule has 1 aromatic carbocycles. The molecule has 3 N–H and O–H groups in total. The van der Waals surface area contributed by atoms with E-state index in [1.54, 1.807) is 0 Å². The van der Waals surface area contributed by atoms with E-state index in [9.17, 15) is 19.7 Å². The predicted octanol–water partition coefficient (Wildman–Crippen LogP) is 1.93. The normalized spacial score (nSPS) is 10.9. The number of anilines is 1. The van der Waals surface area contributed by atoms with Crippen LogP contribution in [-0.4, -0.2) is 16.9 Å². The number of fused-ring (bicyclic) bond motifs is 1. The summed E-state index contributed by atoms with van der Waals surface area (Å²) in [6.45, 7) is 5.15. The predicted molar refractivity (Wildman–Crippen MR) is 81.2 cm³/mol. The maximum atomic E-state index is 11.8. The Bertz CT molecular complexity index is 838. The van der Waals surface area contributed by atoms with Gasteiger partial charge in [-0.15, -0.1) is 0 Å². The smallest absolute Gasteiger partial charge is 0.349 e. The van der Waals surface area contributed by atoms with Crippen molar-refractivity contribution >= 4 is 28.3 Å². The van der Waals surface area contributed by atoms with Crippen LogP contribution in [0.3, 0.4) is 0 Å². The van der Waals surface area contributed by atoms with E-state index in [0.29, 0.717) is 5.39 Å². The van der Waals surface area contributed by atoms with Gasteiger partial charge in [0.2, 0.25) is 0 Å². The zero-order chi connectivity index (χ0) is 16.6. The minimum Gasteiger partial charge on any atom is -0.422 e. The molecule has 8 nitrogen and oxygen atoms in total. The van der Waals surface area contributed by atoms with Gasteiger partial charge < -0.3 is 15.5 Å². The average Bonchev–Trinajstić information content (AvgIpc) is 2.36. The van der Waals surface area contributed by atoms with E-state index in [-0.39, 0.29) is 34.1 Å². The Labute approximate surface area is 125 Å². The molecule has 0 aliphatic carbocycles. The van der Waals surface area contributed by atoms with E-state index in [4.69, 9.17) is 10.2 Å². The van der Waals surface area contributed by atoms with Gasteiger partial charge in [0.25, 0.3) is 11.6 Å². The first-order valence-electron chi connectivity index (χ1n) is 6.54. The summed E-state index contributed by atoms with van der Waals surface area (Å²) in [5.41, 5.74) is 4.48. The molecule has 0 aliphatic heterocycles. The van der Waals surface area contributed by atoms with Gasteiger partial charge in [-0.2, -0.15) is 0 Å². The third kappa shape index (κ3) is 2.62. The summed E-state index contributed by atoms with van der Waals surface area (Å²) in [7, 11) is 0. The number of nitrogens with one attached hydrogen (secondary N) is 1. The van der Waals surface area contributed by atoms with Gasteiger partial charge in [-0.25, -0.2) is 4.79 Å². The largest absolute Gasteiger partial charge is 0.422 e. The first-order valence-corrected chi connectivity index (χ1v) is 6.54. The summed E-state index contributed by atoms with van der Waals surface area (Å²) in [4.78, 5) is 33.8. The summed E-state index contributed by atoms with van der Waals surface area (Å²) in [5.74, 6) is -0.930. The number of carbonyl (C=O) groups is 1. The fourth-order valence-corrected chi connectivity index (χ4v) is 2.25. The second kappa shape index (κ2) is 5.47. The molecule has 2 rings (SSSR count). The quantitative estimate of drug-likeness (QED) is 0.504. The van der Waals surface area contributed by atoms with Crippen molar-refractivity contribution in [2.45, 2.75) is 26.8 Å².